The number of amides is 1. The fourth-order valence-corrected chi connectivity index (χ4v) is 3.68. The Labute approximate surface area is 147 Å². The largest absolute Gasteiger partial charge is 0.370 e. The third kappa shape index (κ3) is 3.45. The summed E-state index contributed by atoms with van der Waals surface area (Å²) < 4.78 is 19.8. The highest BCUT2D eigenvalue weighted by Crippen LogP contribution is 2.44. The van der Waals surface area contributed by atoms with Gasteiger partial charge in [-0.3, -0.25) is 4.79 Å². The lowest BCUT2D eigenvalue weighted by atomic mass is 9.92. The van der Waals surface area contributed by atoms with Gasteiger partial charge in [0, 0.05) is 12.1 Å². The Morgan fingerprint density at radius 3 is 2.52 bits per heavy atom. The van der Waals surface area contributed by atoms with Crippen LogP contribution in [0.1, 0.15) is 36.0 Å². The fourth-order valence-electron chi connectivity index (χ4n) is 3.68. The summed E-state index contributed by atoms with van der Waals surface area (Å²) >= 11 is 0. The lowest BCUT2D eigenvalue weighted by Gasteiger charge is -2.35. The first-order valence-corrected chi connectivity index (χ1v) is 8.94. The van der Waals surface area contributed by atoms with Crippen molar-refractivity contribution >= 4 is 5.91 Å². The number of carbonyl (C=O) groups excluding carboxylic acids is 1. The number of halogens is 1. The average molecular weight is 339 g/mol. The summed E-state index contributed by atoms with van der Waals surface area (Å²) in [5, 5.41) is 0. The Morgan fingerprint density at radius 2 is 1.80 bits per heavy atom. The molecule has 0 N–H and O–H groups in total. The summed E-state index contributed by atoms with van der Waals surface area (Å²) in [6, 6.07) is 16.7. The van der Waals surface area contributed by atoms with Crippen molar-refractivity contribution in [3.05, 3.63) is 71.5 Å². The Bertz CT molecular complexity index is 745. The Hall–Kier alpha value is -2.20. The molecule has 4 heteroatoms. The van der Waals surface area contributed by atoms with Gasteiger partial charge in [0.25, 0.3) is 0 Å². The molecule has 2 aliphatic rings. The second-order valence-electron chi connectivity index (χ2n) is 6.89. The number of hydrogen-bond donors (Lipinski definition) is 0. The Kier molecular flexibility index (Phi) is 4.53. The van der Waals surface area contributed by atoms with Crippen molar-refractivity contribution < 1.29 is 13.9 Å². The van der Waals surface area contributed by atoms with Gasteiger partial charge in [0.05, 0.1) is 19.1 Å². The molecule has 1 saturated heterocycles. The standard InChI is InChI=1S/C21H22FNO2/c22-18-9-5-4-8-17(18)19-14-23(12-13-25-19)21(24)20(16-10-11-16)15-6-2-1-3-7-15/h1-9,16,19-20H,10-14H2. The van der Waals surface area contributed by atoms with Gasteiger partial charge in [0.1, 0.15) is 11.9 Å². The summed E-state index contributed by atoms with van der Waals surface area (Å²) in [4.78, 5) is 15.1. The number of rotatable bonds is 4. The van der Waals surface area contributed by atoms with Gasteiger partial charge in [-0.15, -0.1) is 0 Å². The highest BCUT2D eigenvalue weighted by Gasteiger charge is 2.40. The molecule has 2 aromatic rings. The zero-order chi connectivity index (χ0) is 17.2. The second-order valence-corrected chi connectivity index (χ2v) is 6.89. The molecule has 2 aromatic carbocycles. The fraction of sp³-hybridized carbons (Fsp3) is 0.381. The van der Waals surface area contributed by atoms with E-state index in [1.54, 1.807) is 18.2 Å². The van der Waals surface area contributed by atoms with E-state index in [1.165, 1.54) is 6.07 Å². The molecule has 4 rings (SSSR count). The molecule has 2 fully saturated rings. The first kappa shape index (κ1) is 16.3. The average Bonchev–Trinajstić information content (AvgIpc) is 3.48. The van der Waals surface area contributed by atoms with Gasteiger partial charge in [0.2, 0.25) is 5.91 Å². The molecule has 25 heavy (non-hydrogen) atoms. The van der Waals surface area contributed by atoms with E-state index in [0.29, 0.717) is 31.2 Å². The number of benzene rings is 2. The molecule has 3 nitrogen and oxygen atoms in total. The molecule has 1 heterocycles. The number of ether oxygens (including phenoxy) is 1. The zero-order valence-corrected chi connectivity index (χ0v) is 14.1. The molecule has 2 atom stereocenters. The third-order valence-corrected chi connectivity index (χ3v) is 5.15. The van der Waals surface area contributed by atoms with Crippen LogP contribution in [0.5, 0.6) is 0 Å². The molecule has 1 aliphatic heterocycles. The van der Waals surface area contributed by atoms with Crippen molar-refractivity contribution in [2.75, 3.05) is 19.7 Å². The Balaban J connectivity index is 1.54. The van der Waals surface area contributed by atoms with E-state index < -0.39 is 6.10 Å². The van der Waals surface area contributed by atoms with E-state index in [1.807, 2.05) is 35.2 Å². The number of morpholine rings is 1. The number of carbonyl (C=O) groups is 1. The second kappa shape index (κ2) is 6.96. The van der Waals surface area contributed by atoms with Crippen LogP contribution in [0.3, 0.4) is 0 Å². The maximum Gasteiger partial charge on any atom is 0.230 e. The van der Waals surface area contributed by atoms with Crippen molar-refractivity contribution in [1.82, 2.24) is 4.90 Å². The molecule has 130 valence electrons. The van der Waals surface area contributed by atoms with Gasteiger partial charge < -0.3 is 9.64 Å². The summed E-state index contributed by atoms with van der Waals surface area (Å²) in [5.74, 6) is 0.229. The van der Waals surface area contributed by atoms with Crippen LogP contribution in [-0.2, 0) is 9.53 Å². The van der Waals surface area contributed by atoms with Crippen molar-refractivity contribution in [2.24, 2.45) is 5.92 Å². The first-order valence-electron chi connectivity index (χ1n) is 8.94. The van der Waals surface area contributed by atoms with Crippen LogP contribution in [0.2, 0.25) is 0 Å². The van der Waals surface area contributed by atoms with E-state index >= 15 is 0 Å². The van der Waals surface area contributed by atoms with E-state index in [0.717, 1.165) is 18.4 Å². The number of nitrogens with zero attached hydrogens (tertiary/aromatic N) is 1. The molecule has 0 radical (unpaired) electrons. The summed E-state index contributed by atoms with van der Waals surface area (Å²) in [6.07, 6.45) is 1.81. The highest BCUT2D eigenvalue weighted by molar-refractivity contribution is 5.84. The van der Waals surface area contributed by atoms with Crippen molar-refractivity contribution in [3.8, 4) is 0 Å². The third-order valence-electron chi connectivity index (χ3n) is 5.15. The van der Waals surface area contributed by atoms with Crippen molar-refractivity contribution in [3.63, 3.8) is 0 Å². The lowest BCUT2D eigenvalue weighted by Crippen LogP contribution is -2.45. The van der Waals surface area contributed by atoms with Crippen molar-refractivity contribution in [1.29, 1.82) is 0 Å². The molecule has 0 aromatic heterocycles. The van der Waals surface area contributed by atoms with Gasteiger partial charge in [-0.25, -0.2) is 4.39 Å². The summed E-state index contributed by atoms with van der Waals surface area (Å²) in [5.41, 5.74) is 1.62. The summed E-state index contributed by atoms with van der Waals surface area (Å²) in [7, 11) is 0. The topological polar surface area (TPSA) is 29.5 Å². The first-order chi connectivity index (χ1) is 12.2. The van der Waals surface area contributed by atoms with Crippen molar-refractivity contribution in [2.45, 2.75) is 24.9 Å². The van der Waals surface area contributed by atoms with Gasteiger partial charge in [-0.1, -0.05) is 48.5 Å². The smallest absolute Gasteiger partial charge is 0.230 e. The van der Waals surface area contributed by atoms with Crippen LogP contribution in [0.15, 0.2) is 54.6 Å². The van der Waals surface area contributed by atoms with Gasteiger partial charge in [-0.05, 0) is 30.4 Å². The van der Waals surface area contributed by atoms with Gasteiger partial charge in [0.15, 0.2) is 0 Å². The predicted octanol–water partition coefficient (Wildman–Crippen LogP) is 3.92. The van der Waals surface area contributed by atoms with E-state index in [2.05, 4.69) is 0 Å². The number of hydrogen-bond acceptors (Lipinski definition) is 2. The predicted molar refractivity (Wildman–Crippen MR) is 93.6 cm³/mol. The molecule has 0 bridgehead atoms. The van der Waals surface area contributed by atoms with Gasteiger partial charge >= 0.3 is 0 Å². The monoisotopic (exact) mass is 339 g/mol. The highest BCUT2D eigenvalue weighted by atomic mass is 19.1. The minimum atomic E-state index is -0.394. The molecule has 1 amide bonds. The molecule has 2 unspecified atom stereocenters. The van der Waals surface area contributed by atoms with E-state index in [-0.39, 0.29) is 17.6 Å². The SMILES string of the molecule is O=C(C(c1ccccc1)C1CC1)N1CCOC(c2ccccc2F)C1. The molecule has 1 saturated carbocycles. The van der Waals surface area contributed by atoms with E-state index in [4.69, 9.17) is 4.74 Å². The zero-order valence-electron chi connectivity index (χ0n) is 14.1. The van der Waals surface area contributed by atoms with Crippen LogP contribution in [0, 0.1) is 11.7 Å². The van der Waals surface area contributed by atoms with Gasteiger partial charge in [-0.2, -0.15) is 0 Å². The Morgan fingerprint density at radius 1 is 1.08 bits per heavy atom. The quantitative estimate of drug-likeness (QED) is 0.845. The normalized spacial score (nSPS) is 21.8. The maximum absolute atomic E-state index is 14.1. The molecule has 1 aliphatic carbocycles. The summed E-state index contributed by atoms with van der Waals surface area (Å²) in [6.45, 7) is 1.42. The minimum Gasteiger partial charge on any atom is -0.370 e. The van der Waals surface area contributed by atoms with Crippen LogP contribution < -0.4 is 0 Å². The maximum atomic E-state index is 14.1. The molecular formula is C21H22FNO2. The molecule has 0 spiro atoms. The lowest BCUT2D eigenvalue weighted by molar-refractivity contribution is -0.141. The van der Waals surface area contributed by atoms with Crippen LogP contribution in [-0.4, -0.2) is 30.5 Å². The minimum absolute atomic E-state index is 0.0828. The van der Waals surface area contributed by atoms with E-state index in [9.17, 15) is 9.18 Å². The molecular weight excluding hydrogens is 317 g/mol. The van der Waals surface area contributed by atoms with Crippen LogP contribution >= 0.6 is 0 Å². The van der Waals surface area contributed by atoms with Crippen LogP contribution in [0.4, 0.5) is 4.39 Å². The van der Waals surface area contributed by atoms with Crippen LogP contribution in [0.25, 0.3) is 0 Å².